The quantitative estimate of drug-likeness (QED) is 0.594. The van der Waals surface area contributed by atoms with Gasteiger partial charge in [0.1, 0.15) is 6.04 Å². The summed E-state index contributed by atoms with van der Waals surface area (Å²) in [6, 6.07) is 8.65. The molecule has 0 bridgehead atoms. The summed E-state index contributed by atoms with van der Waals surface area (Å²) < 4.78 is 38.2. The van der Waals surface area contributed by atoms with E-state index in [0.29, 0.717) is 23.5 Å². The standard InChI is InChI=1S/C15H19F2N.C13H11FN2O4/c16-14-7-6-11(8-15(14)17)12-9-18(10-12)13-4-2-1-3-5-13;14-20-8-1-2-9-7(5-8)6-16(13(9)19)10-3-4-11(17)15-12(10)18/h6-8,12-13H,1-5,9-10H2;1-2,5,10H,3-4,6H2,(H,15,17,18). The van der Waals surface area contributed by atoms with E-state index in [-0.39, 0.29) is 30.5 Å². The molecule has 1 aliphatic carbocycles. The van der Waals surface area contributed by atoms with Crippen LogP contribution in [0.2, 0.25) is 0 Å². The molecule has 0 aromatic heterocycles. The lowest BCUT2D eigenvalue weighted by Crippen LogP contribution is -2.52. The van der Waals surface area contributed by atoms with Crippen LogP contribution >= 0.6 is 0 Å². The molecule has 3 heterocycles. The Kier molecular flexibility index (Phi) is 7.69. The topological polar surface area (TPSA) is 79.0 Å². The molecule has 1 N–H and O–H groups in total. The van der Waals surface area contributed by atoms with Crippen LogP contribution in [0.25, 0.3) is 0 Å². The van der Waals surface area contributed by atoms with Crippen LogP contribution < -0.4 is 10.3 Å². The molecular weight excluding hydrogens is 499 g/mol. The van der Waals surface area contributed by atoms with Gasteiger partial charge in [0, 0.05) is 48.1 Å². The van der Waals surface area contributed by atoms with Crippen molar-refractivity contribution in [3.05, 3.63) is 64.7 Å². The maximum atomic E-state index is 13.2. The number of fused-ring (bicyclic) bond motifs is 1. The summed E-state index contributed by atoms with van der Waals surface area (Å²) in [4.78, 5) is 42.7. The molecule has 7 nitrogen and oxygen atoms in total. The zero-order chi connectivity index (χ0) is 26.8. The number of hydrogen-bond donors (Lipinski definition) is 1. The fraction of sp³-hybridized carbons (Fsp3) is 0.464. The van der Waals surface area contributed by atoms with Crippen LogP contribution in [0.5, 0.6) is 5.75 Å². The minimum absolute atomic E-state index is 0.0154. The third-order valence-corrected chi connectivity index (χ3v) is 8.00. The van der Waals surface area contributed by atoms with E-state index in [1.165, 1.54) is 67.3 Å². The highest BCUT2D eigenvalue weighted by Gasteiger charge is 2.39. The van der Waals surface area contributed by atoms with Crippen molar-refractivity contribution in [2.45, 2.75) is 69.5 Å². The van der Waals surface area contributed by atoms with Gasteiger partial charge in [-0.2, -0.15) is 0 Å². The van der Waals surface area contributed by atoms with Gasteiger partial charge in [0.05, 0.1) is 0 Å². The van der Waals surface area contributed by atoms with Crippen molar-refractivity contribution in [1.29, 1.82) is 0 Å². The van der Waals surface area contributed by atoms with Gasteiger partial charge in [-0.25, -0.2) is 8.78 Å². The number of nitrogens with zero attached hydrogens (tertiary/aromatic N) is 2. The molecule has 0 spiro atoms. The fourth-order valence-electron chi connectivity index (χ4n) is 5.83. The molecule has 2 aromatic rings. The molecule has 202 valence electrons. The summed E-state index contributed by atoms with van der Waals surface area (Å²) >= 11 is 0. The predicted octanol–water partition coefficient (Wildman–Crippen LogP) is 4.41. The first-order valence-electron chi connectivity index (χ1n) is 13.1. The number of amides is 3. The van der Waals surface area contributed by atoms with Gasteiger partial charge in [-0.05, 0) is 60.7 Å². The van der Waals surface area contributed by atoms with E-state index in [0.717, 1.165) is 24.7 Å². The smallest absolute Gasteiger partial charge is 0.255 e. The SMILES string of the molecule is Fc1ccc(C2CN(C3CCCCC3)C2)cc1F.O=C1CCC(N2Cc3cc(OF)ccc3C2=O)C(=O)N1. The van der Waals surface area contributed by atoms with E-state index in [4.69, 9.17) is 0 Å². The molecule has 3 amide bonds. The van der Waals surface area contributed by atoms with Gasteiger partial charge >= 0.3 is 0 Å². The maximum absolute atomic E-state index is 13.2. The molecule has 1 saturated carbocycles. The van der Waals surface area contributed by atoms with Crippen LogP contribution in [0.1, 0.15) is 72.3 Å². The van der Waals surface area contributed by atoms with Gasteiger partial charge in [0.15, 0.2) is 17.4 Å². The highest BCUT2D eigenvalue weighted by molar-refractivity contribution is 6.05. The van der Waals surface area contributed by atoms with Gasteiger partial charge in [-0.15, -0.1) is 0 Å². The second-order valence-corrected chi connectivity index (χ2v) is 10.4. The molecule has 2 aromatic carbocycles. The number of nitrogens with one attached hydrogen (secondary N) is 1. The number of rotatable bonds is 4. The number of imide groups is 1. The van der Waals surface area contributed by atoms with E-state index in [1.54, 1.807) is 6.07 Å². The van der Waals surface area contributed by atoms with Crippen LogP contribution in [0, 0.1) is 11.6 Å². The van der Waals surface area contributed by atoms with Gasteiger partial charge in [0.2, 0.25) is 11.8 Å². The van der Waals surface area contributed by atoms with Gasteiger partial charge < -0.3 is 4.90 Å². The fourth-order valence-corrected chi connectivity index (χ4v) is 5.83. The van der Waals surface area contributed by atoms with E-state index >= 15 is 0 Å². The van der Waals surface area contributed by atoms with Crippen molar-refractivity contribution in [3.63, 3.8) is 0 Å². The van der Waals surface area contributed by atoms with Gasteiger partial charge in [-0.3, -0.25) is 29.5 Å². The largest absolute Gasteiger partial charge is 0.322 e. The Balaban J connectivity index is 0.000000156. The molecule has 1 unspecified atom stereocenters. The average Bonchev–Trinajstić information content (AvgIpc) is 3.21. The monoisotopic (exact) mass is 529 g/mol. The number of carbonyl (C=O) groups excluding carboxylic acids is 3. The second kappa shape index (κ2) is 11.1. The van der Waals surface area contributed by atoms with E-state index in [9.17, 15) is 27.7 Å². The van der Waals surface area contributed by atoms with Crippen molar-refractivity contribution in [2.75, 3.05) is 13.1 Å². The minimum atomic E-state index is -0.748. The zero-order valence-electron chi connectivity index (χ0n) is 20.9. The Labute approximate surface area is 218 Å². The van der Waals surface area contributed by atoms with Crippen LogP contribution in [-0.4, -0.2) is 52.7 Å². The summed E-state index contributed by atoms with van der Waals surface area (Å²) in [6.45, 7) is 2.23. The van der Waals surface area contributed by atoms with Gasteiger partial charge in [0.25, 0.3) is 5.91 Å². The van der Waals surface area contributed by atoms with Crippen LogP contribution in [0.3, 0.4) is 0 Å². The summed E-state index contributed by atoms with van der Waals surface area (Å²) in [7, 11) is 0. The van der Waals surface area contributed by atoms with E-state index in [2.05, 4.69) is 15.2 Å². The van der Waals surface area contributed by atoms with Crippen LogP contribution in [-0.2, 0) is 16.1 Å². The Morgan fingerprint density at radius 2 is 1.66 bits per heavy atom. The summed E-state index contributed by atoms with van der Waals surface area (Å²) in [5.41, 5.74) is 1.98. The highest BCUT2D eigenvalue weighted by atomic mass is 19.3. The minimum Gasteiger partial charge on any atom is -0.322 e. The lowest BCUT2D eigenvalue weighted by molar-refractivity contribution is -0.136. The first-order chi connectivity index (χ1) is 18.3. The molecule has 3 fully saturated rings. The zero-order valence-corrected chi connectivity index (χ0v) is 20.9. The first kappa shape index (κ1) is 26.2. The number of piperidine rings is 1. The van der Waals surface area contributed by atoms with Crippen molar-refractivity contribution in [3.8, 4) is 5.75 Å². The van der Waals surface area contributed by atoms with E-state index in [1.807, 2.05) is 0 Å². The molecule has 1 atom stereocenters. The van der Waals surface area contributed by atoms with Crippen molar-refractivity contribution in [1.82, 2.24) is 15.1 Å². The Bertz CT molecular complexity index is 1230. The van der Waals surface area contributed by atoms with E-state index < -0.39 is 23.6 Å². The van der Waals surface area contributed by atoms with Crippen molar-refractivity contribution >= 4 is 17.7 Å². The Hall–Kier alpha value is -3.40. The summed E-state index contributed by atoms with van der Waals surface area (Å²) in [5.74, 6) is -2.15. The average molecular weight is 530 g/mol. The van der Waals surface area contributed by atoms with Crippen molar-refractivity contribution < 1.29 is 32.6 Å². The predicted molar refractivity (Wildman–Crippen MR) is 132 cm³/mol. The number of likely N-dealkylation sites (tertiary alicyclic amines) is 1. The Morgan fingerprint density at radius 3 is 2.34 bits per heavy atom. The lowest BCUT2D eigenvalue weighted by atomic mass is 9.86. The van der Waals surface area contributed by atoms with Gasteiger partial charge in [-0.1, -0.05) is 25.3 Å². The Morgan fingerprint density at radius 1 is 0.895 bits per heavy atom. The molecule has 0 radical (unpaired) electrons. The second-order valence-electron chi connectivity index (χ2n) is 10.4. The van der Waals surface area contributed by atoms with Crippen LogP contribution in [0.15, 0.2) is 36.4 Å². The summed E-state index contributed by atoms with van der Waals surface area (Å²) in [6.07, 6.45) is 7.19. The molecule has 10 heteroatoms. The third kappa shape index (κ3) is 5.41. The lowest BCUT2D eigenvalue weighted by Gasteiger charge is -2.46. The van der Waals surface area contributed by atoms with Crippen molar-refractivity contribution in [2.24, 2.45) is 0 Å². The normalized spacial score (nSPS) is 22.3. The first-order valence-corrected chi connectivity index (χ1v) is 13.1. The molecule has 4 aliphatic rings. The third-order valence-electron chi connectivity index (χ3n) is 8.00. The number of halogens is 3. The molecular formula is C28H30F3N3O4. The molecule has 6 rings (SSSR count). The number of carbonyl (C=O) groups is 3. The van der Waals surface area contributed by atoms with Crippen LogP contribution in [0.4, 0.5) is 13.3 Å². The molecule has 3 aliphatic heterocycles. The number of benzene rings is 2. The molecule has 38 heavy (non-hydrogen) atoms. The maximum Gasteiger partial charge on any atom is 0.255 e. The highest BCUT2D eigenvalue weighted by Crippen LogP contribution is 2.34. The molecule has 2 saturated heterocycles. The summed E-state index contributed by atoms with van der Waals surface area (Å²) in [5, 5.41) is 2.22. The number of hydrogen-bond acceptors (Lipinski definition) is 5.